The molecule has 1 aromatic rings. The molecule has 0 amide bonds. The van der Waals surface area contributed by atoms with Gasteiger partial charge in [0, 0.05) is 13.1 Å². The maximum Gasteiger partial charge on any atom is 0.197 e. The molecule has 0 fully saturated rings. The highest BCUT2D eigenvalue weighted by atomic mass is 32.1. The van der Waals surface area contributed by atoms with Crippen molar-refractivity contribution in [2.24, 2.45) is 5.92 Å². The standard InChI is InChI=1S/C13H25N3OS/c1-5-10(6-2)9-16(7-3)13-11(17-8-4)12(14)15-18-13/h10H,5-9H2,1-4H3,(H2,14,15). The van der Waals surface area contributed by atoms with E-state index < -0.39 is 0 Å². The van der Waals surface area contributed by atoms with E-state index in [4.69, 9.17) is 10.5 Å². The average molecular weight is 271 g/mol. The fourth-order valence-electron chi connectivity index (χ4n) is 1.98. The maximum atomic E-state index is 5.86. The van der Waals surface area contributed by atoms with Crippen LogP contribution in [0.25, 0.3) is 0 Å². The van der Waals surface area contributed by atoms with Crippen LogP contribution in [0.4, 0.5) is 10.8 Å². The Balaban J connectivity index is 2.87. The number of ether oxygens (including phenoxy) is 1. The highest BCUT2D eigenvalue weighted by molar-refractivity contribution is 7.11. The van der Waals surface area contributed by atoms with Gasteiger partial charge in [0.05, 0.1) is 6.61 Å². The minimum absolute atomic E-state index is 0.514. The van der Waals surface area contributed by atoms with Crippen molar-refractivity contribution in [1.82, 2.24) is 4.37 Å². The van der Waals surface area contributed by atoms with Gasteiger partial charge in [0.15, 0.2) is 16.6 Å². The van der Waals surface area contributed by atoms with Crippen LogP contribution >= 0.6 is 11.5 Å². The first-order valence-corrected chi connectivity index (χ1v) is 7.57. The first kappa shape index (κ1) is 15.1. The second kappa shape index (κ2) is 7.46. The number of aromatic nitrogens is 1. The van der Waals surface area contributed by atoms with Crippen molar-refractivity contribution in [3.8, 4) is 5.75 Å². The molecule has 2 N–H and O–H groups in total. The van der Waals surface area contributed by atoms with E-state index in [1.807, 2.05) is 6.92 Å². The van der Waals surface area contributed by atoms with Crippen LogP contribution in [0.3, 0.4) is 0 Å². The lowest BCUT2D eigenvalue weighted by molar-refractivity contribution is 0.342. The number of rotatable bonds is 8. The van der Waals surface area contributed by atoms with Gasteiger partial charge in [-0.1, -0.05) is 26.7 Å². The topological polar surface area (TPSA) is 51.4 Å². The second-order valence-corrected chi connectivity index (χ2v) is 5.11. The predicted octanol–water partition coefficient (Wildman–Crippen LogP) is 3.39. The van der Waals surface area contributed by atoms with Crippen LogP contribution in [0.5, 0.6) is 5.75 Å². The lowest BCUT2D eigenvalue weighted by Crippen LogP contribution is -2.28. The molecule has 1 heterocycles. The van der Waals surface area contributed by atoms with Crippen molar-refractivity contribution < 1.29 is 4.74 Å². The molecule has 1 aromatic heterocycles. The smallest absolute Gasteiger partial charge is 0.197 e. The molecule has 0 atom stereocenters. The number of nitrogen functional groups attached to an aromatic ring is 1. The van der Waals surface area contributed by atoms with Crippen molar-refractivity contribution in [2.45, 2.75) is 40.5 Å². The molecule has 0 aliphatic heterocycles. The second-order valence-electron chi connectivity index (χ2n) is 4.36. The summed E-state index contributed by atoms with van der Waals surface area (Å²) in [7, 11) is 0. The lowest BCUT2D eigenvalue weighted by Gasteiger charge is -2.26. The molecule has 0 aliphatic rings. The van der Waals surface area contributed by atoms with Gasteiger partial charge in [0.25, 0.3) is 0 Å². The van der Waals surface area contributed by atoms with Crippen molar-refractivity contribution in [1.29, 1.82) is 0 Å². The van der Waals surface area contributed by atoms with Crippen LogP contribution in [0.15, 0.2) is 0 Å². The molecule has 0 saturated heterocycles. The van der Waals surface area contributed by atoms with Gasteiger partial charge in [-0.05, 0) is 31.3 Å². The van der Waals surface area contributed by atoms with Crippen LogP contribution in [-0.4, -0.2) is 24.1 Å². The van der Waals surface area contributed by atoms with Gasteiger partial charge in [-0.25, -0.2) is 0 Å². The Bertz CT molecular complexity index is 350. The number of hydrogen-bond acceptors (Lipinski definition) is 5. The van der Waals surface area contributed by atoms with E-state index in [1.54, 1.807) is 0 Å². The van der Waals surface area contributed by atoms with E-state index in [9.17, 15) is 0 Å². The van der Waals surface area contributed by atoms with Crippen LogP contribution in [0.1, 0.15) is 40.5 Å². The van der Waals surface area contributed by atoms with Gasteiger partial charge in [-0.15, -0.1) is 0 Å². The molecule has 0 saturated carbocycles. The quantitative estimate of drug-likeness (QED) is 0.787. The van der Waals surface area contributed by atoms with E-state index in [0.29, 0.717) is 18.3 Å². The number of hydrogen-bond donors (Lipinski definition) is 1. The summed E-state index contributed by atoms with van der Waals surface area (Å²) in [4.78, 5) is 2.33. The monoisotopic (exact) mass is 271 g/mol. The van der Waals surface area contributed by atoms with Crippen molar-refractivity contribution in [2.75, 3.05) is 30.3 Å². The Labute approximate surface area is 114 Å². The van der Waals surface area contributed by atoms with Crippen molar-refractivity contribution in [3.05, 3.63) is 0 Å². The van der Waals surface area contributed by atoms with Crippen molar-refractivity contribution >= 4 is 22.4 Å². The molecule has 4 nitrogen and oxygen atoms in total. The molecule has 18 heavy (non-hydrogen) atoms. The molecule has 1 rings (SSSR count). The van der Waals surface area contributed by atoms with E-state index in [1.165, 1.54) is 24.4 Å². The van der Waals surface area contributed by atoms with Gasteiger partial charge < -0.3 is 15.4 Å². The fraction of sp³-hybridized carbons (Fsp3) is 0.769. The van der Waals surface area contributed by atoms with Gasteiger partial charge in [0.2, 0.25) is 0 Å². The predicted molar refractivity (Wildman–Crippen MR) is 79.7 cm³/mol. The number of nitrogens with zero attached hydrogens (tertiary/aromatic N) is 2. The third kappa shape index (κ3) is 3.51. The Kier molecular flexibility index (Phi) is 6.25. The molecule has 0 aromatic carbocycles. The van der Waals surface area contributed by atoms with Crippen LogP contribution in [-0.2, 0) is 0 Å². The van der Waals surface area contributed by atoms with E-state index in [0.717, 1.165) is 23.8 Å². The van der Waals surface area contributed by atoms with Gasteiger partial charge in [0.1, 0.15) is 0 Å². The summed E-state index contributed by atoms with van der Waals surface area (Å²) in [6.45, 7) is 11.2. The SMILES string of the molecule is CCOc1c(N)nsc1N(CC)CC(CC)CC. The van der Waals surface area contributed by atoms with Crippen LogP contribution in [0, 0.1) is 5.92 Å². The molecule has 104 valence electrons. The van der Waals surface area contributed by atoms with E-state index in [2.05, 4.69) is 30.0 Å². The molecular formula is C13H25N3OS. The van der Waals surface area contributed by atoms with Crippen LogP contribution < -0.4 is 15.4 Å². The van der Waals surface area contributed by atoms with Gasteiger partial charge in [-0.2, -0.15) is 4.37 Å². The molecule has 0 spiro atoms. The summed E-state index contributed by atoms with van der Waals surface area (Å²) in [5, 5.41) is 1.07. The minimum Gasteiger partial charge on any atom is -0.487 e. The summed E-state index contributed by atoms with van der Waals surface area (Å²) in [5.74, 6) is 1.98. The Morgan fingerprint density at radius 1 is 1.28 bits per heavy atom. The number of anilines is 2. The highest BCUT2D eigenvalue weighted by Crippen LogP contribution is 2.38. The summed E-state index contributed by atoms with van der Waals surface area (Å²) in [5.41, 5.74) is 5.86. The first-order chi connectivity index (χ1) is 8.67. The third-order valence-electron chi connectivity index (χ3n) is 3.25. The van der Waals surface area contributed by atoms with Gasteiger partial charge >= 0.3 is 0 Å². The van der Waals surface area contributed by atoms with E-state index >= 15 is 0 Å². The fourth-order valence-corrected chi connectivity index (χ4v) is 2.81. The average Bonchev–Trinajstić information content (AvgIpc) is 2.74. The summed E-state index contributed by atoms with van der Waals surface area (Å²) >= 11 is 1.44. The molecule has 0 aliphatic carbocycles. The molecular weight excluding hydrogens is 246 g/mol. The summed E-state index contributed by atoms with van der Waals surface area (Å²) in [6.07, 6.45) is 2.40. The number of nitrogens with two attached hydrogens (primary N) is 1. The molecule has 0 bridgehead atoms. The van der Waals surface area contributed by atoms with Gasteiger partial charge in [-0.3, -0.25) is 0 Å². The molecule has 5 heteroatoms. The van der Waals surface area contributed by atoms with Crippen molar-refractivity contribution in [3.63, 3.8) is 0 Å². The minimum atomic E-state index is 0.514. The highest BCUT2D eigenvalue weighted by Gasteiger charge is 2.20. The summed E-state index contributed by atoms with van der Waals surface area (Å²) < 4.78 is 9.84. The largest absolute Gasteiger partial charge is 0.487 e. The molecule has 0 radical (unpaired) electrons. The zero-order chi connectivity index (χ0) is 13.5. The first-order valence-electron chi connectivity index (χ1n) is 6.80. The third-order valence-corrected chi connectivity index (χ3v) is 4.15. The van der Waals surface area contributed by atoms with Crippen LogP contribution in [0.2, 0.25) is 0 Å². The van der Waals surface area contributed by atoms with E-state index in [-0.39, 0.29) is 0 Å². The normalized spacial score (nSPS) is 10.9. The zero-order valence-corrected chi connectivity index (χ0v) is 12.7. The Morgan fingerprint density at radius 2 is 1.94 bits per heavy atom. The molecule has 0 unspecified atom stereocenters. The lowest BCUT2D eigenvalue weighted by atomic mass is 10.0. The maximum absolute atomic E-state index is 5.86. The Morgan fingerprint density at radius 3 is 2.44 bits per heavy atom. The summed E-state index contributed by atoms with van der Waals surface area (Å²) in [6, 6.07) is 0. The zero-order valence-electron chi connectivity index (χ0n) is 11.9. The Hall–Kier alpha value is -0.970.